The molecule has 3 heterocycles. The average molecular weight is 321 g/mol. The third-order valence-corrected chi connectivity index (χ3v) is 4.89. The van der Waals surface area contributed by atoms with Gasteiger partial charge in [0.1, 0.15) is 11.2 Å². The molecule has 3 rings (SSSR count). The van der Waals surface area contributed by atoms with E-state index in [4.69, 9.17) is 9.47 Å². The normalized spacial score (nSPS) is 17.8. The topological polar surface area (TPSA) is 73.3 Å². The number of hydrogen-bond donors (Lipinski definition) is 1. The predicted molar refractivity (Wildman–Crippen MR) is 84.6 cm³/mol. The van der Waals surface area contributed by atoms with Crippen molar-refractivity contribution in [2.75, 3.05) is 19.8 Å². The highest BCUT2D eigenvalue weighted by Gasteiger charge is 2.21. The minimum absolute atomic E-state index is 0.0848. The molecule has 0 radical (unpaired) electrons. The molecule has 1 aliphatic heterocycles. The highest BCUT2D eigenvalue weighted by Crippen LogP contribution is 2.34. The van der Waals surface area contributed by atoms with Crippen molar-refractivity contribution in [1.29, 1.82) is 0 Å². The van der Waals surface area contributed by atoms with Gasteiger partial charge in [-0.3, -0.25) is 4.79 Å². The lowest BCUT2D eigenvalue weighted by Gasteiger charge is -2.10. The van der Waals surface area contributed by atoms with Crippen LogP contribution in [0.15, 0.2) is 6.33 Å². The SMILES string of the molecule is CCOc1ncnc2sc(C(=O)NCC3CCCO3)c(C)c12. The van der Waals surface area contributed by atoms with E-state index < -0.39 is 0 Å². The Morgan fingerprint density at radius 1 is 1.55 bits per heavy atom. The molecule has 0 spiro atoms. The van der Waals surface area contributed by atoms with Gasteiger partial charge < -0.3 is 14.8 Å². The first-order chi connectivity index (χ1) is 10.7. The molecular weight excluding hydrogens is 302 g/mol. The second-order valence-electron chi connectivity index (χ2n) is 5.19. The molecule has 22 heavy (non-hydrogen) atoms. The summed E-state index contributed by atoms with van der Waals surface area (Å²) in [5.41, 5.74) is 0.869. The van der Waals surface area contributed by atoms with Crippen molar-refractivity contribution in [3.8, 4) is 5.88 Å². The molecule has 2 aromatic rings. The van der Waals surface area contributed by atoms with Gasteiger partial charge in [0.2, 0.25) is 5.88 Å². The van der Waals surface area contributed by atoms with Crippen molar-refractivity contribution < 1.29 is 14.3 Å². The minimum Gasteiger partial charge on any atom is -0.477 e. The summed E-state index contributed by atoms with van der Waals surface area (Å²) in [7, 11) is 0. The summed E-state index contributed by atoms with van der Waals surface area (Å²) in [6, 6.07) is 0. The molecule has 6 nitrogen and oxygen atoms in total. The Bertz CT molecular complexity index is 680. The van der Waals surface area contributed by atoms with Gasteiger partial charge in [0, 0.05) is 13.2 Å². The fourth-order valence-corrected chi connectivity index (χ4v) is 3.65. The van der Waals surface area contributed by atoms with Crippen LogP contribution in [-0.4, -0.2) is 41.7 Å². The van der Waals surface area contributed by atoms with Crippen LogP contribution in [0, 0.1) is 6.92 Å². The third kappa shape index (κ3) is 2.91. The molecule has 2 aromatic heterocycles. The standard InChI is InChI=1S/C15H19N3O3S/c1-3-20-14-11-9(2)12(22-15(11)18-8-17-14)13(19)16-7-10-5-4-6-21-10/h8,10H,3-7H2,1-2H3,(H,16,19). The summed E-state index contributed by atoms with van der Waals surface area (Å²) in [5, 5.41) is 3.78. The minimum atomic E-state index is -0.0848. The lowest BCUT2D eigenvalue weighted by Crippen LogP contribution is -2.31. The molecule has 0 aliphatic carbocycles. The summed E-state index contributed by atoms with van der Waals surface area (Å²) < 4.78 is 11.1. The summed E-state index contributed by atoms with van der Waals surface area (Å²) in [6.07, 6.45) is 3.68. The molecule has 7 heteroatoms. The zero-order valence-corrected chi connectivity index (χ0v) is 13.5. The third-order valence-electron chi connectivity index (χ3n) is 3.69. The number of nitrogens with zero attached hydrogens (tertiary/aromatic N) is 2. The fourth-order valence-electron chi connectivity index (χ4n) is 2.59. The average Bonchev–Trinajstić information content (AvgIpc) is 3.14. The zero-order valence-electron chi connectivity index (χ0n) is 12.7. The van der Waals surface area contributed by atoms with E-state index in [1.54, 1.807) is 0 Å². The molecule has 1 amide bonds. The molecule has 0 saturated carbocycles. The molecule has 1 N–H and O–H groups in total. The van der Waals surface area contributed by atoms with Crippen LogP contribution >= 0.6 is 11.3 Å². The van der Waals surface area contributed by atoms with Crippen molar-refractivity contribution in [2.24, 2.45) is 0 Å². The highest BCUT2D eigenvalue weighted by molar-refractivity contribution is 7.20. The van der Waals surface area contributed by atoms with Crippen LogP contribution in [0.1, 0.15) is 35.0 Å². The van der Waals surface area contributed by atoms with Crippen LogP contribution in [0.5, 0.6) is 5.88 Å². The number of ether oxygens (including phenoxy) is 2. The Balaban J connectivity index is 1.82. The van der Waals surface area contributed by atoms with E-state index >= 15 is 0 Å². The Hall–Kier alpha value is -1.73. The predicted octanol–water partition coefficient (Wildman–Crippen LogP) is 2.31. The molecule has 118 valence electrons. The van der Waals surface area contributed by atoms with Crippen LogP contribution in [0.3, 0.4) is 0 Å². The number of nitrogens with one attached hydrogen (secondary N) is 1. The van der Waals surface area contributed by atoms with Crippen LogP contribution < -0.4 is 10.1 Å². The first kappa shape index (κ1) is 15.2. The summed E-state index contributed by atoms with van der Waals surface area (Å²) in [6.45, 7) is 5.69. The second-order valence-corrected chi connectivity index (χ2v) is 6.19. The fraction of sp³-hybridized carbons (Fsp3) is 0.533. The van der Waals surface area contributed by atoms with E-state index in [0.29, 0.717) is 23.9 Å². The van der Waals surface area contributed by atoms with E-state index in [1.165, 1.54) is 17.7 Å². The van der Waals surface area contributed by atoms with E-state index in [1.807, 2.05) is 13.8 Å². The van der Waals surface area contributed by atoms with Gasteiger partial charge in [-0.1, -0.05) is 0 Å². The van der Waals surface area contributed by atoms with Crippen molar-refractivity contribution in [1.82, 2.24) is 15.3 Å². The first-order valence-corrected chi connectivity index (χ1v) is 8.29. The van der Waals surface area contributed by atoms with E-state index in [-0.39, 0.29) is 12.0 Å². The van der Waals surface area contributed by atoms with Crippen molar-refractivity contribution >= 4 is 27.5 Å². The van der Waals surface area contributed by atoms with Gasteiger partial charge in [0.25, 0.3) is 5.91 Å². The Morgan fingerprint density at radius 2 is 2.41 bits per heavy atom. The van der Waals surface area contributed by atoms with Crippen molar-refractivity contribution in [2.45, 2.75) is 32.8 Å². The Labute approximate surface area is 132 Å². The van der Waals surface area contributed by atoms with E-state index in [0.717, 1.165) is 35.2 Å². The number of amides is 1. The number of rotatable bonds is 5. The molecule has 0 bridgehead atoms. The number of aromatic nitrogens is 2. The van der Waals surface area contributed by atoms with Gasteiger partial charge in [0.15, 0.2) is 0 Å². The number of fused-ring (bicyclic) bond motifs is 1. The van der Waals surface area contributed by atoms with Crippen molar-refractivity contribution in [3.63, 3.8) is 0 Å². The lowest BCUT2D eigenvalue weighted by atomic mass is 10.2. The van der Waals surface area contributed by atoms with Gasteiger partial charge in [-0.05, 0) is 32.3 Å². The van der Waals surface area contributed by atoms with Gasteiger partial charge in [-0.15, -0.1) is 11.3 Å². The number of carbonyl (C=O) groups excluding carboxylic acids is 1. The van der Waals surface area contributed by atoms with Gasteiger partial charge in [-0.2, -0.15) is 0 Å². The number of thiophene rings is 1. The largest absolute Gasteiger partial charge is 0.477 e. The summed E-state index contributed by atoms with van der Waals surface area (Å²) in [4.78, 5) is 22.3. The molecule has 1 saturated heterocycles. The Kier molecular flexibility index (Phi) is 4.54. The van der Waals surface area contributed by atoms with Gasteiger partial charge in [-0.25, -0.2) is 9.97 Å². The second kappa shape index (κ2) is 6.58. The Morgan fingerprint density at radius 3 is 3.14 bits per heavy atom. The number of aryl methyl sites for hydroxylation is 1. The summed E-state index contributed by atoms with van der Waals surface area (Å²) in [5.74, 6) is 0.456. The van der Waals surface area contributed by atoms with E-state index in [2.05, 4.69) is 15.3 Å². The molecule has 1 aliphatic rings. The van der Waals surface area contributed by atoms with Crippen LogP contribution in [0.2, 0.25) is 0 Å². The van der Waals surface area contributed by atoms with Gasteiger partial charge in [0.05, 0.1) is 23.0 Å². The number of hydrogen-bond acceptors (Lipinski definition) is 6. The quantitative estimate of drug-likeness (QED) is 0.915. The molecule has 1 unspecified atom stereocenters. The smallest absolute Gasteiger partial charge is 0.261 e. The monoisotopic (exact) mass is 321 g/mol. The van der Waals surface area contributed by atoms with E-state index in [9.17, 15) is 4.79 Å². The zero-order chi connectivity index (χ0) is 15.5. The first-order valence-electron chi connectivity index (χ1n) is 7.47. The highest BCUT2D eigenvalue weighted by atomic mass is 32.1. The van der Waals surface area contributed by atoms with Crippen LogP contribution in [0.4, 0.5) is 0 Å². The van der Waals surface area contributed by atoms with Gasteiger partial charge >= 0.3 is 0 Å². The molecule has 1 fully saturated rings. The number of carbonyl (C=O) groups is 1. The molecule has 1 atom stereocenters. The maximum Gasteiger partial charge on any atom is 0.261 e. The summed E-state index contributed by atoms with van der Waals surface area (Å²) >= 11 is 1.37. The maximum atomic E-state index is 12.4. The van der Waals surface area contributed by atoms with Crippen LogP contribution in [0.25, 0.3) is 10.2 Å². The molecule has 0 aromatic carbocycles. The maximum absolute atomic E-state index is 12.4. The molecular formula is C15H19N3O3S. The van der Waals surface area contributed by atoms with Crippen LogP contribution in [-0.2, 0) is 4.74 Å². The van der Waals surface area contributed by atoms with Crippen molar-refractivity contribution in [3.05, 3.63) is 16.8 Å². The lowest BCUT2D eigenvalue weighted by molar-refractivity contribution is 0.0860.